The second kappa shape index (κ2) is 5.56. The van der Waals surface area contributed by atoms with Gasteiger partial charge in [0.15, 0.2) is 5.69 Å². The first-order valence-corrected chi connectivity index (χ1v) is 5.93. The van der Waals surface area contributed by atoms with Gasteiger partial charge < -0.3 is 4.74 Å². The van der Waals surface area contributed by atoms with Crippen LogP contribution in [0.1, 0.15) is 5.69 Å². The van der Waals surface area contributed by atoms with Crippen LogP contribution >= 0.6 is 11.6 Å². The van der Waals surface area contributed by atoms with E-state index in [0.29, 0.717) is 0 Å². The normalized spacial score (nSPS) is 11.6. The van der Waals surface area contributed by atoms with Crippen molar-refractivity contribution in [1.29, 1.82) is 0 Å². The van der Waals surface area contributed by atoms with Crippen molar-refractivity contribution in [3.05, 3.63) is 50.9 Å². The minimum absolute atomic E-state index is 0.0198. The molecule has 118 valence electrons. The predicted octanol–water partition coefficient (Wildman–Crippen LogP) is 3.19. The summed E-state index contributed by atoms with van der Waals surface area (Å²) in [7, 11) is 0.907. The molecule has 0 amide bonds. The van der Waals surface area contributed by atoms with Crippen LogP contribution in [0, 0.1) is 11.6 Å². The summed E-state index contributed by atoms with van der Waals surface area (Å²) < 4.78 is 70.1. The Labute approximate surface area is 124 Å². The van der Waals surface area contributed by atoms with E-state index in [2.05, 4.69) is 9.72 Å². The quantitative estimate of drug-likeness (QED) is 0.789. The first kappa shape index (κ1) is 16.2. The van der Waals surface area contributed by atoms with E-state index in [4.69, 9.17) is 11.6 Å². The lowest BCUT2D eigenvalue weighted by Crippen LogP contribution is -2.29. The highest BCUT2D eigenvalue weighted by molar-refractivity contribution is 6.30. The van der Waals surface area contributed by atoms with Crippen LogP contribution in [0.15, 0.2) is 23.0 Å². The standard InChI is InChI=1S/C12H6ClF5N2O2/c1-22-11-19-9(12(16,17)18)8(15)10(21)20(11)7-3-2-5(13)4-6(7)14/h2-4H,1H3. The summed E-state index contributed by atoms with van der Waals surface area (Å²) >= 11 is 5.54. The maximum absolute atomic E-state index is 13.8. The minimum atomic E-state index is -5.20. The molecule has 2 aromatic rings. The van der Waals surface area contributed by atoms with Crippen molar-refractivity contribution in [1.82, 2.24) is 9.55 Å². The van der Waals surface area contributed by atoms with Crippen LogP contribution in [-0.2, 0) is 6.18 Å². The van der Waals surface area contributed by atoms with E-state index in [1.54, 1.807) is 0 Å². The van der Waals surface area contributed by atoms with Crippen LogP contribution in [0.4, 0.5) is 22.0 Å². The zero-order valence-electron chi connectivity index (χ0n) is 10.7. The molecule has 1 aromatic carbocycles. The fourth-order valence-electron chi connectivity index (χ4n) is 1.68. The highest BCUT2D eigenvalue weighted by Gasteiger charge is 2.39. The van der Waals surface area contributed by atoms with Crippen molar-refractivity contribution in [3.8, 4) is 11.7 Å². The number of nitrogens with zero attached hydrogens (tertiary/aromatic N) is 2. The molecule has 0 aliphatic carbocycles. The Morgan fingerprint density at radius 3 is 2.41 bits per heavy atom. The lowest BCUT2D eigenvalue weighted by molar-refractivity contribution is -0.144. The molecular formula is C12H6ClF5N2O2. The predicted molar refractivity (Wildman–Crippen MR) is 66.3 cm³/mol. The molecule has 1 heterocycles. The summed E-state index contributed by atoms with van der Waals surface area (Å²) in [6, 6.07) is 2.04. The Balaban J connectivity index is 2.83. The molecule has 0 aliphatic heterocycles. The van der Waals surface area contributed by atoms with Crippen LogP contribution in [-0.4, -0.2) is 16.7 Å². The van der Waals surface area contributed by atoms with Crippen molar-refractivity contribution in [3.63, 3.8) is 0 Å². The molecule has 4 nitrogen and oxygen atoms in total. The van der Waals surface area contributed by atoms with Gasteiger partial charge in [-0.3, -0.25) is 4.79 Å². The Kier molecular flexibility index (Phi) is 4.10. The van der Waals surface area contributed by atoms with E-state index in [9.17, 15) is 26.7 Å². The number of aromatic nitrogens is 2. The lowest BCUT2D eigenvalue weighted by Gasteiger charge is -2.14. The van der Waals surface area contributed by atoms with Gasteiger partial charge in [-0.1, -0.05) is 11.6 Å². The van der Waals surface area contributed by atoms with Gasteiger partial charge >= 0.3 is 12.2 Å². The van der Waals surface area contributed by atoms with Crippen molar-refractivity contribution >= 4 is 11.6 Å². The summed E-state index contributed by atoms with van der Waals surface area (Å²) in [5.41, 5.74) is -4.34. The van der Waals surface area contributed by atoms with Gasteiger partial charge in [0.2, 0.25) is 5.82 Å². The number of benzene rings is 1. The van der Waals surface area contributed by atoms with Gasteiger partial charge in [0.25, 0.3) is 5.56 Å². The van der Waals surface area contributed by atoms with Crippen LogP contribution in [0.5, 0.6) is 6.01 Å². The first-order chi connectivity index (χ1) is 10.2. The second-order valence-electron chi connectivity index (χ2n) is 4.00. The summed E-state index contributed by atoms with van der Waals surface area (Å²) in [6.45, 7) is 0. The Morgan fingerprint density at radius 2 is 1.91 bits per heavy atom. The molecule has 0 fully saturated rings. The van der Waals surface area contributed by atoms with Gasteiger partial charge in [0, 0.05) is 5.02 Å². The molecule has 2 rings (SSSR count). The van der Waals surface area contributed by atoms with Gasteiger partial charge in [0.05, 0.1) is 12.8 Å². The smallest absolute Gasteiger partial charge is 0.436 e. The van der Waals surface area contributed by atoms with Crippen molar-refractivity contribution < 1.29 is 26.7 Å². The summed E-state index contributed by atoms with van der Waals surface area (Å²) in [5.74, 6) is -3.23. The molecule has 1 aromatic heterocycles. The molecule has 0 spiro atoms. The molecule has 0 bridgehead atoms. The third-order valence-corrected chi connectivity index (χ3v) is 2.83. The van der Waals surface area contributed by atoms with Crippen molar-refractivity contribution in [2.24, 2.45) is 0 Å². The maximum atomic E-state index is 13.8. The first-order valence-electron chi connectivity index (χ1n) is 5.56. The van der Waals surface area contributed by atoms with E-state index in [1.807, 2.05) is 0 Å². The van der Waals surface area contributed by atoms with E-state index in [1.165, 1.54) is 6.07 Å². The van der Waals surface area contributed by atoms with Gasteiger partial charge in [-0.2, -0.15) is 22.5 Å². The number of hydrogen-bond acceptors (Lipinski definition) is 3. The molecule has 0 saturated heterocycles. The van der Waals surface area contributed by atoms with Gasteiger partial charge in [-0.05, 0) is 18.2 Å². The van der Waals surface area contributed by atoms with Crippen LogP contribution in [0.2, 0.25) is 5.02 Å². The molecule has 0 N–H and O–H groups in total. The zero-order valence-corrected chi connectivity index (χ0v) is 11.5. The van der Waals surface area contributed by atoms with Crippen LogP contribution in [0.25, 0.3) is 5.69 Å². The summed E-state index contributed by atoms with van der Waals surface area (Å²) in [4.78, 5) is 14.7. The van der Waals surface area contributed by atoms with E-state index < -0.39 is 40.8 Å². The zero-order chi connectivity index (χ0) is 16.7. The Hall–Kier alpha value is -2.16. The average Bonchev–Trinajstić information content (AvgIpc) is 2.41. The number of methoxy groups -OCH3 is 1. The van der Waals surface area contributed by atoms with Crippen molar-refractivity contribution in [2.45, 2.75) is 6.18 Å². The highest BCUT2D eigenvalue weighted by Crippen LogP contribution is 2.30. The lowest BCUT2D eigenvalue weighted by atomic mass is 10.3. The van der Waals surface area contributed by atoms with E-state index in [-0.39, 0.29) is 9.59 Å². The largest absolute Gasteiger partial charge is 0.468 e. The van der Waals surface area contributed by atoms with Gasteiger partial charge in [-0.25, -0.2) is 8.96 Å². The third kappa shape index (κ3) is 2.76. The number of halogens is 6. The molecule has 0 radical (unpaired) electrons. The molecule has 22 heavy (non-hydrogen) atoms. The van der Waals surface area contributed by atoms with Gasteiger partial charge in [0.1, 0.15) is 5.82 Å². The highest BCUT2D eigenvalue weighted by atomic mass is 35.5. The summed E-state index contributed by atoms with van der Waals surface area (Å²) in [6.07, 6.45) is -5.20. The Bertz CT molecular complexity index is 788. The molecule has 0 aliphatic rings. The SMILES string of the molecule is COc1nc(C(F)(F)F)c(F)c(=O)n1-c1ccc(Cl)cc1F. The topological polar surface area (TPSA) is 44.1 Å². The molecule has 0 unspecified atom stereocenters. The number of hydrogen-bond donors (Lipinski definition) is 0. The molecule has 0 atom stereocenters. The van der Waals surface area contributed by atoms with E-state index in [0.717, 1.165) is 19.2 Å². The monoisotopic (exact) mass is 340 g/mol. The van der Waals surface area contributed by atoms with E-state index >= 15 is 0 Å². The van der Waals surface area contributed by atoms with Gasteiger partial charge in [-0.15, -0.1) is 0 Å². The fraction of sp³-hybridized carbons (Fsp3) is 0.167. The number of rotatable bonds is 2. The number of alkyl halides is 3. The molecule has 10 heteroatoms. The molecule has 0 saturated carbocycles. The third-order valence-electron chi connectivity index (χ3n) is 2.60. The Morgan fingerprint density at radius 1 is 1.27 bits per heavy atom. The molecular weight excluding hydrogens is 335 g/mol. The number of ether oxygens (including phenoxy) is 1. The van der Waals surface area contributed by atoms with Crippen LogP contribution < -0.4 is 10.3 Å². The second-order valence-corrected chi connectivity index (χ2v) is 4.43. The maximum Gasteiger partial charge on any atom is 0.436 e. The summed E-state index contributed by atoms with van der Waals surface area (Å²) in [5, 5.41) is -0.0198. The van der Waals surface area contributed by atoms with Crippen molar-refractivity contribution in [2.75, 3.05) is 7.11 Å². The minimum Gasteiger partial charge on any atom is -0.468 e. The fourth-order valence-corrected chi connectivity index (χ4v) is 1.84. The average molecular weight is 341 g/mol. The van der Waals surface area contributed by atoms with Crippen LogP contribution in [0.3, 0.4) is 0 Å².